The first kappa shape index (κ1) is 10.7. The number of nitrogens with zero attached hydrogens (tertiary/aromatic N) is 4. The maximum Gasteiger partial charge on any atom is 0.139 e. The first-order valence-electron chi connectivity index (χ1n) is 5.16. The van der Waals surface area contributed by atoms with Crippen LogP contribution in [0.1, 0.15) is 0 Å². The van der Waals surface area contributed by atoms with Crippen LogP contribution in [0, 0.1) is 0 Å². The smallest absolute Gasteiger partial charge is 0.139 e. The average molecular weight is 339 g/mol. The molecule has 0 radical (unpaired) electrons. The van der Waals surface area contributed by atoms with Crippen molar-refractivity contribution in [1.82, 2.24) is 14.7 Å². The highest BCUT2D eigenvalue weighted by Gasteiger charge is 2.48. The van der Waals surface area contributed by atoms with E-state index in [0.717, 1.165) is 31.0 Å². The van der Waals surface area contributed by atoms with Gasteiger partial charge in [-0.25, -0.2) is 14.7 Å². The highest BCUT2D eigenvalue weighted by Crippen LogP contribution is 2.30. The van der Waals surface area contributed by atoms with Crippen molar-refractivity contribution >= 4 is 31.9 Å². The average Bonchev–Trinajstić information content (AvgIpc) is 2.14. The molecule has 15 heavy (non-hydrogen) atoms. The Morgan fingerprint density at radius 1 is 1.07 bits per heavy atom. The normalized spacial score (nSPS) is 48.7. The van der Waals surface area contributed by atoms with E-state index in [4.69, 9.17) is 0 Å². The fourth-order valence-corrected chi connectivity index (χ4v) is 3.84. The molecule has 4 heterocycles. The number of quaternary nitrogens is 1. The molecule has 4 rings (SSSR count). The summed E-state index contributed by atoms with van der Waals surface area (Å²) >= 11 is 7.00. The fraction of sp³-hybridized carbons (Fsp3) is 0.778. The van der Waals surface area contributed by atoms with E-state index >= 15 is 0 Å². The maximum absolute atomic E-state index is 3.61. The molecule has 0 atom stereocenters. The molecule has 84 valence electrons. The van der Waals surface area contributed by atoms with Crippen molar-refractivity contribution in [2.45, 2.75) is 0 Å². The fourth-order valence-electron chi connectivity index (χ4n) is 3.16. The van der Waals surface area contributed by atoms with E-state index in [0.29, 0.717) is 0 Å². The first-order chi connectivity index (χ1) is 7.19. The van der Waals surface area contributed by atoms with Gasteiger partial charge in [0.25, 0.3) is 0 Å². The zero-order valence-corrected chi connectivity index (χ0v) is 11.7. The molecule has 0 aliphatic carbocycles. The molecule has 0 spiro atoms. The summed E-state index contributed by atoms with van der Waals surface area (Å²) in [4.78, 5) is 9.59. The Kier molecular flexibility index (Phi) is 2.69. The molecule has 0 aromatic rings. The van der Waals surface area contributed by atoms with Crippen LogP contribution in [-0.4, -0.2) is 65.7 Å². The van der Waals surface area contributed by atoms with Gasteiger partial charge in [0.05, 0.1) is 24.5 Å². The molecule has 4 aliphatic heterocycles. The summed E-state index contributed by atoms with van der Waals surface area (Å²) in [6.45, 7) is 8.16. The molecule has 0 saturated carbocycles. The second-order valence-electron chi connectivity index (χ2n) is 4.92. The van der Waals surface area contributed by atoms with Crippen molar-refractivity contribution in [3.8, 4) is 0 Å². The highest BCUT2D eigenvalue weighted by atomic mass is 79.9. The van der Waals surface area contributed by atoms with E-state index in [-0.39, 0.29) is 0 Å². The number of rotatable bonds is 2. The second-order valence-corrected chi connectivity index (χ2v) is 6.39. The van der Waals surface area contributed by atoms with Crippen LogP contribution in [0.15, 0.2) is 9.47 Å². The molecule has 0 unspecified atom stereocenters. The predicted molar refractivity (Wildman–Crippen MR) is 65.8 cm³/mol. The van der Waals surface area contributed by atoms with Crippen molar-refractivity contribution in [1.29, 1.82) is 0 Å². The Labute approximate surface area is 107 Å². The Bertz CT molecular complexity index is 269. The zero-order valence-electron chi connectivity index (χ0n) is 8.57. The lowest BCUT2D eigenvalue weighted by atomic mass is 10.3. The zero-order chi connectivity index (χ0) is 10.5. The number of halogens is 2. The van der Waals surface area contributed by atoms with Gasteiger partial charge in [0, 0.05) is 0 Å². The van der Waals surface area contributed by atoms with Crippen LogP contribution < -0.4 is 0 Å². The molecule has 4 saturated heterocycles. The molecular formula is C9H15Br2N4+. The Morgan fingerprint density at radius 2 is 1.53 bits per heavy atom. The highest BCUT2D eigenvalue weighted by molar-refractivity contribution is 9.14. The van der Waals surface area contributed by atoms with E-state index in [2.05, 4.69) is 46.6 Å². The minimum atomic E-state index is 1.09. The van der Waals surface area contributed by atoms with Gasteiger partial charge in [-0.1, -0.05) is 15.9 Å². The van der Waals surface area contributed by atoms with Crippen LogP contribution in [0.4, 0.5) is 0 Å². The number of hydrogen-bond acceptors (Lipinski definition) is 3. The van der Waals surface area contributed by atoms with Crippen molar-refractivity contribution in [2.75, 3.05) is 46.6 Å². The van der Waals surface area contributed by atoms with Crippen LogP contribution >= 0.6 is 31.9 Å². The molecule has 0 N–H and O–H groups in total. The molecule has 4 bridgehead atoms. The standard InChI is InChI=1S/C9H15Br2N4/c10-1-9(11)2-15-6-12-3-13(7-15)5-14(4-12)8-15/h1H,2-8H2/q+1/b9-1+. The van der Waals surface area contributed by atoms with E-state index in [1.165, 1.54) is 24.5 Å². The Balaban J connectivity index is 1.81. The number of hydrogen-bond donors (Lipinski definition) is 0. The molecule has 4 fully saturated rings. The van der Waals surface area contributed by atoms with Crippen LogP contribution in [-0.2, 0) is 0 Å². The van der Waals surface area contributed by atoms with Gasteiger partial charge in [-0.2, -0.15) is 0 Å². The van der Waals surface area contributed by atoms with Crippen LogP contribution in [0.3, 0.4) is 0 Å². The third-order valence-electron chi connectivity index (χ3n) is 3.30. The topological polar surface area (TPSA) is 9.72 Å². The van der Waals surface area contributed by atoms with Gasteiger partial charge in [-0.15, -0.1) is 0 Å². The summed E-state index contributed by atoms with van der Waals surface area (Å²) in [6.07, 6.45) is 0. The van der Waals surface area contributed by atoms with Gasteiger partial charge >= 0.3 is 0 Å². The monoisotopic (exact) mass is 337 g/mol. The third kappa shape index (κ3) is 1.92. The van der Waals surface area contributed by atoms with E-state index in [1.807, 2.05) is 4.99 Å². The molecule has 0 amide bonds. The summed E-state index contributed by atoms with van der Waals surface area (Å²) in [5.74, 6) is 0. The summed E-state index contributed by atoms with van der Waals surface area (Å²) in [5, 5.41) is 0. The molecule has 0 aromatic carbocycles. The van der Waals surface area contributed by atoms with E-state index in [1.54, 1.807) is 0 Å². The van der Waals surface area contributed by atoms with E-state index in [9.17, 15) is 0 Å². The summed E-state index contributed by atoms with van der Waals surface area (Å²) in [7, 11) is 0. The van der Waals surface area contributed by atoms with Crippen molar-refractivity contribution in [3.05, 3.63) is 9.47 Å². The molecule has 6 heteroatoms. The molecule has 4 aliphatic rings. The Hall–Kier alpha value is 0.540. The van der Waals surface area contributed by atoms with Crippen LogP contribution in [0.5, 0.6) is 0 Å². The van der Waals surface area contributed by atoms with Crippen LogP contribution in [0.2, 0.25) is 0 Å². The molecule has 4 nitrogen and oxygen atoms in total. The summed E-state index contributed by atoms with van der Waals surface area (Å²) < 4.78 is 2.41. The van der Waals surface area contributed by atoms with Gasteiger partial charge in [-0.05, 0) is 20.9 Å². The lowest BCUT2D eigenvalue weighted by Gasteiger charge is -2.60. The van der Waals surface area contributed by atoms with Crippen LogP contribution in [0.25, 0.3) is 0 Å². The summed E-state index contributed by atoms with van der Waals surface area (Å²) in [5.41, 5.74) is 0. The van der Waals surface area contributed by atoms with Gasteiger partial charge in [0.15, 0.2) is 0 Å². The van der Waals surface area contributed by atoms with Gasteiger partial charge in [0.1, 0.15) is 26.6 Å². The maximum atomic E-state index is 3.61. The largest absolute Gasteiger partial charge is 0.282 e. The van der Waals surface area contributed by atoms with Gasteiger partial charge in [-0.3, -0.25) is 4.48 Å². The van der Waals surface area contributed by atoms with Crippen molar-refractivity contribution in [2.24, 2.45) is 0 Å². The second kappa shape index (κ2) is 3.78. The lowest BCUT2D eigenvalue weighted by molar-refractivity contribution is -0.975. The third-order valence-corrected chi connectivity index (χ3v) is 4.95. The molecule has 0 aromatic heterocycles. The van der Waals surface area contributed by atoms with Gasteiger partial charge < -0.3 is 0 Å². The quantitative estimate of drug-likeness (QED) is 0.699. The Morgan fingerprint density at radius 3 is 1.93 bits per heavy atom. The lowest BCUT2D eigenvalue weighted by Crippen LogP contribution is -2.79. The van der Waals surface area contributed by atoms with Crippen molar-refractivity contribution in [3.63, 3.8) is 0 Å². The van der Waals surface area contributed by atoms with Crippen molar-refractivity contribution < 1.29 is 4.48 Å². The summed E-state index contributed by atoms with van der Waals surface area (Å²) in [6, 6.07) is 0. The predicted octanol–water partition coefficient (Wildman–Crippen LogP) is 1.13. The molecular weight excluding hydrogens is 324 g/mol. The van der Waals surface area contributed by atoms with Gasteiger partial charge in [0.2, 0.25) is 0 Å². The SMILES string of the molecule is Br/C=C(/Br)C[N+]12CN3CN(CN(C3)C1)C2. The first-order valence-corrected chi connectivity index (χ1v) is 6.87. The minimum absolute atomic E-state index is 1.09. The minimum Gasteiger partial charge on any atom is -0.282 e. The van der Waals surface area contributed by atoms with E-state index < -0.39 is 0 Å².